The first-order valence-electron chi connectivity index (χ1n) is 7.41. The summed E-state index contributed by atoms with van der Waals surface area (Å²) in [6.45, 7) is 5.65. The molecule has 1 aromatic carbocycles. The number of thiazole rings is 1. The largest absolute Gasteiger partial charge is 0.338 e. The van der Waals surface area contributed by atoms with Crippen molar-refractivity contribution < 1.29 is 4.79 Å². The summed E-state index contributed by atoms with van der Waals surface area (Å²) in [7, 11) is 0. The van der Waals surface area contributed by atoms with Crippen molar-refractivity contribution in [2.24, 2.45) is 0 Å². The van der Waals surface area contributed by atoms with Crippen LogP contribution in [0.3, 0.4) is 0 Å². The Bertz CT molecular complexity index is 663. The Labute approximate surface area is 129 Å². The molecule has 0 N–H and O–H groups in total. The van der Waals surface area contributed by atoms with Gasteiger partial charge in [0.1, 0.15) is 0 Å². The van der Waals surface area contributed by atoms with Crippen LogP contribution in [-0.4, -0.2) is 22.3 Å². The lowest BCUT2D eigenvalue weighted by Gasteiger charge is -2.29. The van der Waals surface area contributed by atoms with Crippen molar-refractivity contribution in [2.45, 2.75) is 39.7 Å². The number of aromatic nitrogens is 1. The molecular weight excluding hydrogens is 280 g/mol. The molecule has 0 atom stereocenters. The van der Waals surface area contributed by atoms with Crippen LogP contribution >= 0.6 is 11.3 Å². The van der Waals surface area contributed by atoms with E-state index in [2.05, 4.69) is 29.2 Å². The molecule has 0 bridgehead atoms. The van der Waals surface area contributed by atoms with E-state index >= 15 is 0 Å². The van der Waals surface area contributed by atoms with Crippen LogP contribution in [0, 0.1) is 13.8 Å². The summed E-state index contributed by atoms with van der Waals surface area (Å²) in [5.74, 6) is 0.259. The first kappa shape index (κ1) is 14.3. The van der Waals surface area contributed by atoms with Crippen molar-refractivity contribution in [3.05, 3.63) is 51.0 Å². The van der Waals surface area contributed by atoms with Gasteiger partial charge in [-0.3, -0.25) is 4.79 Å². The summed E-state index contributed by atoms with van der Waals surface area (Å²) < 4.78 is 0. The second kappa shape index (κ2) is 5.98. The second-order valence-electron chi connectivity index (χ2n) is 5.58. The average Bonchev–Trinajstić information content (AvgIpc) is 2.82. The molecular formula is C17H20N2OS. The number of benzene rings is 1. The maximum absolute atomic E-state index is 12.4. The molecule has 0 spiro atoms. The lowest BCUT2D eigenvalue weighted by molar-refractivity contribution is -0.132. The molecule has 2 aromatic rings. The van der Waals surface area contributed by atoms with Crippen molar-refractivity contribution >= 4 is 17.2 Å². The quantitative estimate of drug-likeness (QED) is 0.871. The van der Waals surface area contributed by atoms with E-state index in [4.69, 9.17) is 0 Å². The molecule has 1 aromatic heterocycles. The Balaban J connectivity index is 1.61. The Morgan fingerprint density at radius 2 is 2.05 bits per heavy atom. The minimum Gasteiger partial charge on any atom is -0.338 e. The summed E-state index contributed by atoms with van der Waals surface area (Å²) in [5.41, 5.74) is 3.76. The number of hydrogen-bond donors (Lipinski definition) is 0. The van der Waals surface area contributed by atoms with Gasteiger partial charge in [-0.15, -0.1) is 11.3 Å². The van der Waals surface area contributed by atoms with Gasteiger partial charge in [-0.05, 0) is 37.8 Å². The lowest BCUT2D eigenvalue weighted by Crippen LogP contribution is -2.36. The summed E-state index contributed by atoms with van der Waals surface area (Å²) in [6, 6.07) is 8.42. The molecule has 21 heavy (non-hydrogen) atoms. The third kappa shape index (κ3) is 3.16. The van der Waals surface area contributed by atoms with Crippen molar-refractivity contribution in [2.75, 3.05) is 6.54 Å². The Hall–Kier alpha value is -1.68. The zero-order chi connectivity index (χ0) is 14.8. The molecule has 2 heterocycles. The first-order chi connectivity index (χ1) is 10.1. The highest BCUT2D eigenvalue weighted by Crippen LogP contribution is 2.22. The molecule has 4 heteroatoms. The van der Waals surface area contributed by atoms with Gasteiger partial charge >= 0.3 is 0 Å². The number of aryl methyl sites for hydroxylation is 3. The maximum atomic E-state index is 12.4. The summed E-state index contributed by atoms with van der Waals surface area (Å²) in [4.78, 5) is 20.1. The molecule has 3 nitrogen and oxygen atoms in total. The fourth-order valence-corrected chi connectivity index (χ4v) is 3.83. The minimum absolute atomic E-state index is 0.259. The highest BCUT2D eigenvalue weighted by molar-refractivity contribution is 7.11. The van der Waals surface area contributed by atoms with Gasteiger partial charge in [0.2, 0.25) is 5.91 Å². The normalized spacial score (nSPS) is 14.1. The van der Waals surface area contributed by atoms with Crippen LogP contribution in [0.2, 0.25) is 0 Å². The third-order valence-electron chi connectivity index (χ3n) is 4.05. The fourth-order valence-electron chi connectivity index (χ4n) is 2.89. The van der Waals surface area contributed by atoms with Gasteiger partial charge in [0.15, 0.2) is 0 Å². The van der Waals surface area contributed by atoms with Crippen molar-refractivity contribution in [3.63, 3.8) is 0 Å². The van der Waals surface area contributed by atoms with Gasteiger partial charge in [0.05, 0.1) is 10.7 Å². The Morgan fingerprint density at radius 1 is 1.29 bits per heavy atom. The van der Waals surface area contributed by atoms with E-state index in [1.54, 1.807) is 11.3 Å². The lowest BCUT2D eigenvalue weighted by atomic mass is 9.99. The topological polar surface area (TPSA) is 33.2 Å². The van der Waals surface area contributed by atoms with Crippen LogP contribution in [0.1, 0.15) is 33.1 Å². The van der Waals surface area contributed by atoms with E-state index in [0.29, 0.717) is 6.42 Å². The summed E-state index contributed by atoms with van der Waals surface area (Å²) >= 11 is 1.71. The zero-order valence-corrected chi connectivity index (χ0v) is 13.4. The highest BCUT2D eigenvalue weighted by Gasteiger charge is 2.20. The number of carbonyl (C=O) groups excluding carboxylic acids is 1. The van der Waals surface area contributed by atoms with E-state index in [1.807, 2.05) is 18.7 Å². The smallest absolute Gasteiger partial charge is 0.223 e. The van der Waals surface area contributed by atoms with Gasteiger partial charge in [0.25, 0.3) is 0 Å². The van der Waals surface area contributed by atoms with E-state index in [9.17, 15) is 4.79 Å². The summed E-state index contributed by atoms with van der Waals surface area (Å²) in [5, 5.41) is 1.09. The van der Waals surface area contributed by atoms with Crippen LogP contribution in [0.4, 0.5) is 0 Å². The van der Waals surface area contributed by atoms with E-state index in [0.717, 1.165) is 36.6 Å². The molecule has 1 aliphatic rings. The van der Waals surface area contributed by atoms with E-state index < -0.39 is 0 Å². The average molecular weight is 300 g/mol. The molecule has 0 radical (unpaired) electrons. The predicted molar refractivity (Wildman–Crippen MR) is 85.5 cm³/mol. The number of carbonyl (C=O) groups is 1. The first-order valence-corrected chi connectivity index (χ1v) is 8.22. The maximum Gasteiger partial charge on any atom is 0.223 e. The number of hydrogen-bond acceptors (Lipinski definition) is 3. The summed E-state index contributed by atoms with van der Waals surface area (Å²) in [6.07, 6.45) is 2.37. The van der Waals surface area contributed by atoms with Gasteiger partial charge in [-0.1, -0.05) is 24.3 Å². The Kier molecular flexibility index (Phi) is 4.06. The molecule has 0 aliphatic carbocycles. The van der Waals surface area contributed by atoms with Crippen LogP contribution in [0.15, 0.2) is 24.3 Å². The fraction of sp³-hybridized carbons (Fsp3) is 0.412. The molecule has 0 saturated carbocycles. The van der Waals surface area contributed by atoms with Gasteiger partial charge in [-0.2, -0.15) is 0 Å². The molecule has 0 fully saturated rings. The van der Waals surface area contributed by atoms with Crippen LogP contribution in [-0.2, 0) is 24.2 Å². The van der Waals surface area contributed by atoms with Gasteiger partial charge in [0, 0.05) is 24.4 Å². The van der Waals surface area contributed by atoms with Crippen LogP contribution in [0.25, 0.3) is 0 Å². The van der Waals surface area contributed by atoms with Gasteiger partial charge in [-0.25, -0.2) is 4.98 Å². The molecule has 1 aliphatic heterocycles. The number of fused-ring (bicyclic) bond motifs is 1. The monoisotopic (exact) mass is 300 g/mol. The van der Waals surface area contributed by atoms with E-state index in [-0.39, 0.29) is 5.91 Å². The number of nitrogens with zero attached hydrogens (tertiary/aromatic N) is 2. The standard InChI is InChI=1S/C17H20N2OS/c1-12-16(21-13(2)18-12)7-8-17(20)19-10-9-14-5-3-4-6-15(14)11-19/h3-6H,7-11H2,1-2H3. The number of amides is 1. The molecule has 1 amide bonds. The molecule has 3 rings (SSSR count). The van der Waals surface area contributed by atoms with Crippen LogP contribution < -0.4 is 0 Å². The highest BCUT2D eigenvalue weighted by atomic mass is 32.1. The SMILES string of the molecule is Cc1nc(C)c(CCC(=O)N2CCc3ccccc3C2)s1. The van der Waals surface area contributed by atoms with Crippen molar-refractivity contribution in [1.82, 2.24) is 9.88 Å². The third-order valence-corrected chi connectivity index (χ3v) is 5.18. The predicted octanol–water partition coefficient (Wildman–Crippen LogP) is 3.28. The second-order valence-corrected chi connectivity index (χ2v) is 6.86. The minimum atomic E-state index is 0.259. The Morgan fingerprint density at radius 3 is 2.76 bits per heavy atom. The molecule has 0 unspecified atom stereocenters. The van der Waals surface area contributed by atoms with Crippen molar-refractivity contribution in [1.29, 1.82) is 0 Å². The molecule has 0 saturated heterocycles. The van der Waals surface area contributed by atoms with E-state index in [1.165, 1.54) is 16.0 Å². The molecule has 110 valence electrons. The zero-order valence-electron chi connectivity index (χ0n) is 12.6. The van der Waals surface area contributed by atoms with Gasteiger partial charge < -0.3 is 4.90 Å². The van der Waals surface area contributed by atoms with Crippen molar-refractivity contribution in [3.8, 4) is 0 Å². The van der Waals surface area contributed by atoms with Crippen LogP contribution in [0.5, 0.6) is 0 Å². The number of rotatable bonds is 3.